The zero-order valence-corrected chi connectivity index (χ0v) is 18.3. The third-order valence-corrected chi connectivity index (χ3v) is 5.44. The molecule has 0 unspecified atom stereocenters. The van der Waals surface area contributed by atoms with Gasteiger partial charge in [0.25, 0.3) is 5.91 Å². The number of carbonyl (C=O) groups is 2. The third kappa shape index (κ3) is 4.58. The number of methoxy groups -OCH3 is 3. The molecule has 1 heterocycles. The lowest BCUT2D eigenvalue weighted by Crippen LogP contribution is -2.21. The molecule has 2 aromatic carbocycles. The van der Waals surface area contributed by atoms with Gasteiger partial charge in [0, 0.05) is 22.2 Å². The molecular formula is C21H23N3O6S. The van der Waals surface area contributed by atoms with Crippen LogP contribution in [-0.2, 0) is 0 Å². The van der Waals surface area contributed by atoms with Gasteiger partial charge in [-0.1, -0.05) is 0 Å². The number of hydrogen-bond acceptors (Lipinski definition) is 7. The summed E-state index contributed by atoms with van der Waals surface area (Å²) in [5.41, 5.74) is 6.22. The normalized spacial score (nSPS) is 10.5. The van der Waals surface area contributed by atoms with Gasteiger partial charge in [-0.05, 0) is 25.1 Å². The Hall–Kier alpha value is -3.66. The lowest BCUT2D eigenvalue weighted by molar-refractivity contribution is 0.100. The van der Waals surface area contributed by atoms with Crippen LogP contribution in [0.2, 0.25) is 0 Å². The number of primary amides is 1. The van der Waals surface area contributed by atoms with E-state index in [-0.39, 0.29) is 5.56 Å². The summed E-state index contributed by atoms with van der Waals surface area (Å²) >= 11 is 1.23. The maximum atomic E-state index is 12.7. The van der Waals surface area contributed by atoms with Gasteiger partial charge in [-0.3, -0.25) is 10.1 Å². The molecule has 0 aliphatic heterocycles. The minimum absolute atomic E-state index is 0.239. The van der Waals surface area contributed by atoms with Crippen molar-refractivity contribution in [1.82, 2.24) is 0 Å². The summed E-state index contributed by atoms with van der Waals surface area (Å²) in [4.78, 5) is 24.7. The molecule has 4 N–H and O–H groups in total. The predicted molar refractivity (Wildman–Crippen MR) is 120 cm³/mol. The first-order valence-electron chi connectivity index (χ1n) is 9.28. The number of ether oxygens (including phenoxy) is 4. The van der Waals surface area contributed by atoms with Crippen LogP contribution in [0.5, 0.6) is 23.0 Å². The number of fused-ring (bicyclic) bond motifs is 1. The van der Waals surface area contributed by atoms with Crippen molar-refractivity contribution < 1.29 is 28.5 Å². The first-order chi connectivity index (χ1) is 14.9. The predicted octanol–water partition coefficient (Wildman–Crippen LogP) is 4.07. The van der Waals surface area contributed by atoms with Gasteiger partial charge in [-0.15, -0.1) is 11.3 Å². The SMILES string of the molecule is CCOc1ccc2c(C(N)=O)c(NC(=O)Nc3cc(OC)c(OC)c(OC)c3)sc2c1. The van der Waals surface area contributed by atoms with E-state index in [1.807, 2.05) is 6.92 Å². The van der Waals surface area contributed by atoms with Crippen molar-refractivity contribution in [2.24, 2.45) is 5.73 Å². The van der Waals surface area contributed by atoms with Gasteiger partial charge in [-0.2, -0.15) is 0 Å². The van der Waals surface area contributed by atoms with E-state index in [1.165, 1.54) is 32.7 Å². The van der Waals surface area contributed by atoms with Crippen LogP contribution >= 0.6 is 11.3 Å². The summed E-state index contributed by atoms with van der Waals surface area (Å²) in [5, 5.41) is 6.37. The summed E-state index contributed by atoms with van der Waals surface area (Å²) in [6.45, 7) is 2.40. The van der Waals surface area contributed by atoms with Gasteiger partial charge < -0.3 is 30.0 Å². The van der Waals surface area contributed by atoms with E-state index >= 15 is 0 Å². The Labute approximate surface area is 183 Å². The Morgan fingerprint density at radius 1 is 1.00 bits per heavy atom. The number of rotatable bonds is 8. The summed E-state index contributed by atoms with van der Waals surface area (Å²) in [5.74, 6) is 1.21. The summed E-state index contributed by atoms with van der Waals surface area (Å²) in [7, 11) is 4.45. The molecule has 0 fully saturated rings. The lowest BCUT2D eigenvalue weighted by atomic mass is 10.1. The third-order valence-electron chi connectivity index (χ3n) is 4.37. The summed E-state index contributed by atoms with van der Waals surface area (Å²) in [6, 6.07) is 7.93. The molecule has 0 atom stereocenters. The molecule has 3 amide bonds. The Morgan fingerprint density at radius 3 is 2.23 bits per heavy atom. The van der Waals surface area contributed by atoms with Crippen molar-refractivity contribution in [2.75, 3.05) is 38.6 Å². The van der Waals surface area contributed by atoms with Crippen LogP contribution in [0, 0.1) is 0 Å². The zero-order valence-electron chi connectivity index (χ0n) is 17.5. The number of amides is 3. The molecule has 164 valence electrons. The van der Waals surface area contributed by atoms with E-state index < -0.39 is 11.9 Å². The Kier molecular flexibility index (Phi) is 6.71. The van der Waals surface area contributed by atoms with Crippen molar-refractivity contribution in [3.63, 3.8) is 0 Å². The minimum atomic E-state index is -0.640. The van der Waals surface area contributed by atoms with Crippen molar-refractivity contribution in [1.29, 1.82) is 0 Å². The van der Waals surface area contributed by atoms with Crippen LogP contribution in [0.1, 0.15) is 17.3 Å². The Morgan fingerprint density at radius 2 is 1.68 bits per heavy atom. The second-order valence-electron chi connectivity index (χ2n) is 6.25. The molecule has 9 nitrogen and oxygen atoms in total. The van der Waals surface area contributed by atoms with Crippen LogP contribution in [0.4, 0.5) is 15.5 Å². The van der Waals surface area contributed by atoms with E-state index in [1.54, 1.807) is 30.3 Å². The zero-order chi connectivity index (χ0) is 22.5. The molecule has 0 saturated carbocycles. The van der Waals surface area contributed by atoms with Crippen LogP contribution in [0.3, 0.4) is 0 Å². The molecular weight excluding hydrogens is 422 g/mol. The van der Waals surface area contributed by atoms with Crippen LogP contribution in [0.25, 0.3) is 10.1 Å². The van der Waals surface area contributed by atoms with Crippen LogP contribution in [0.15, 0.2) is 30.3 Å². The highest BCUT2D eigenvalue weighted by atomic mass is 32.1. The first kappa shape index (κ1) is 22.0. The van der Waals surface area contributed by atoms with E-state index in [0.717, 1.165) is 4.70 Å². The van der Waals surface area contributed by atoms with E-state index in [0.29, 0.717) is 45.7 Å². The molecule has 31 heavy (non-hydrogen) atoms. The molecule has 0 saturated heterocycles. The van der Waals surface area contributed by atoms with Crippen molar-refractivity contribution in [3.8, 4) is 23.0 Å². The molecule has 3 rings (SSSR count). The monoisotopic (exact) mass is 445 g/mol. The molecule has 10 heteroatoms. The average molecular weight is 445 g/mol. The second-order valence-corrected chi connectivity index (χ2v) is 7.31. The second kappa shape index (κ2) is 9.43. The molecule has 1 aromatic heterocycles. The number of urea groups is 1. The molecule has 0 bridgehead atoms. The number of hydrogen-bond donors (Lipinski definition) is 3. The number of carbonyl (C=O) groups excluding carboxylic acids is 2. The van der Waals surface area contributed by atoms with Crippen LogP contribution < -0.4 is 35.3 Å². The van der Waals surface area contributed by atoms with Crippen molar-refractivity contribution in [3.05, 3.63) is 35.9 Å². The number of nitrogens with one attached hydrogen (secondary N) is 2. The highest BCUT2D eigenvalue weighted by molar-refractivity contribution is 7.23. The highest BCUT2D eigenvalue weighted by Gasteiger charge is 2.20. The Bertz CT molecular complexity index is 1100. The highest BCUT2D eigenvalue weighted by Crippen LogP contribution is 2.40. The van der Waals surface area contributed by atoms with Gasteiger partial charge in [0.2, 0.25) is 5.75 Å². The van der Waals surface area contributed by atoms with Crippen LogP contribution in [-0.4, -0.2) is 39.9 Å². The maximum absolute atomic E-state index is 12.7. The van der Waals surface area contributed by atoms with Gasteiger partial charge >= 0.3 is 6.03 Å². The maximum Gasteiger partial charge on any atom is 0.324 e. The van der Waals surface area contributed by atoms with Gasteiger partial charge in [0.1, 0.15) is 10.8 Å². The molecule has 0 spiro atoms. The fraction of sp³-hybridized carbons (Fsp3) is 0.238. The minimum Gasteiger partial charge on any atom is -0.494 e. The van der Waals surface area contributed by atoms with E-state index in [2.05, 4.69) is 10.6 Å². The van der Waals surface area contributed by atoms with Crippen molar-refractivity contribution in [2.45, 2.75) is 6.92 Å². The molecule has 0 aliphatic carbocycles. The quantitative estimate of drug-likeness (QED) is 0.481. The van der Waals surface area contributed by atoms with Crippen molar-refractivity contribution >= 4 is 44.0 Å². The van der Waals surface area contributed by atoms with Gasteiger partial charge in [-0.25, -0.2) is 4.79 Å². The summed E-state index contributed by atoms with van der Waals surface area (Å²) in [6.07, 6.45) is 0. The summed E-state index contributed by atoms with van der Waals surface area (Å²) < 4.78 is 22.1. The molecule has 0 radical (unpaired) electrons. The number of anilines is 2. The Balaban J connectivity index is 1.89. The van der Waals surface area contributed by atoms with E-state index in [4.69, 9.17) is 24.7 Å². The standard InChI is InChI=1S/C21H23N3O6S/c1-5-30-12-6-7-13-16(10-12)31-20(17(13)19(22)25)24-21(26)23-11-8-14(27-2)18(29-4)15(9-11)28-3/h6-10H,5H2,1-4H3,(H2,22,25)(H2,23,24,26). The lowest BCUT2D eigenvalue weighted by Gasteiger charge is -2.14. The molecule has 3 aromatic rings. The average Bonchev–Trinajstić information content (AvgIpc) is 3.10. The van der Waals surface area contributed by atoms with E-state index in [9.17, 15) is 9.59 Å². The number of nitrogens with two attached hydrogens (primary N) is 1. The topological polar surface area (TPSA) is 121 Å². The van der Waals surface area contributed by atoms with Gasteiger partial charge in [0.15, 0.2) is 11.5 Å². The number of benzene rings is 2. The fourth-order valence-electron chi connectivity index (χ4n) is 3.08. The van der Waals surface area contributed by atoms with Gasteiger partial charge in [0.05, 0.1) is 39.2 Å². The fourth-order valence-corrected chi connectivity index (χ4v) is 4.22. The number of thiophene rings is 1. The largest absolute Gasteiger partial charge is 0.494 e. The molecule has 0 aliphatic rings. The smallest absolute Gasteiger partial charge is 0.324 e. The first-order valence-corrected chi connectivity index (χ1v) is 10.1.